The molecule has 0 aromatic heterocycles. The fraction of sp³-hybridized carbons (Fsp3) is 0.629. The molecular formula is C35H58O10. The molecular weight excluding hydrogens is 580 g/mol. The number of rotatable bonds is 24. The average Bonchev–Trinajstić information content (AvgIpc) is 3.03. The number of benzene rings is 1. The Morgan fingerprint density at radius 2 is 1.02 bits per heavy atom. The van der Waals surface area contributed by atoms with E-state index in [9.17, 15) is 14.4 Å². The second-order valence-corrected chi connectivity index (χ2v) is 11.2. The molecule has 1 aromatic carbocycles. The number of aliphatic hydroxyl groups excluding tert-OH is 4. The topological polar surface area (TPSA) is 193 Å². The summed E-state index contributed by atoms with van der Waals surface area (Å²) in [6, 6.07) is 9.03. The van der Waals surface area contributed by atoms with Crippen LogP contribution in [0.15, 0.2) is 48.1 Å². The maximum absolute atomic E-state index is 10.7. The standard InChI is InChI=1S/C18H36O2.C12H10O4.C5H12O4/c1-2-3-4-5-6-7-8-9-10-11-12-13-14-15-16-17-18(19)20;13-11(14)8-10(12(15)16)7-6-9-4-2-1-3-5-9;6-1-5(2-7,3-8)4-9/h2-17H2,1H3,(H,19,20);1-8H,(H,13,14)(H,15,16);6-9H,1-4H2/b;7-6?,10-8+;. The van der Waals surface area contributed by atoms with Crippen LogP contribution in [0, 0.1) is 5.41 Å². The summed E-state index contributed by atoms with van der Waals surface area (Å²) in [4.78, 5) is 31.4. The van der Waals surface area contributed by atoms with E-state index in [0.717, 1.165) is 18.4 Å². The molecule has 10 heteroatoms. The van der Waals surface area contributed by atoms with Gasteiger partial charge in [0.05, 0.1) is 37.4 Å². The first-order valence-corrected chi connectivity index (χ1v) is 16.2. The lowest BCUT2D eigenvalue weighted by molar-refractivity contribution is -0.137. The Labute approximate surface area is 269 Å². The molecule has 258 valence electrons. The maximum atomic E-state index is 10.7. The molecule has 0 saturated carbocycles. The Hall–Kier alpha value is -3.05. The first-order valence-electron chi connectivity index (χ1n) is 16.2. The van der Waals surface area contributed by atoms with E-state index < -0.39 is 49.8 Å². The van der Waals surface area contributed by atoms with Crippen LogP contribution in [0.3, 0.4) is 0 Å². The number of aliphatic hydroxyl groups is 4. The largest absolute Gasteiger partial charge is 0.481 e. The van der Waals surface area contributed by atoms with Crippen LogP contribution in [0.25, 0.3) is 6.08 Å². The molecule has 0 heterocycles. The quantitative estimate of drug-likeness (QED) is 0.0397. The Bertz CT molecular complexity index is 906. The highest BCUT2D eigenvalue weighted by atomic mass is 16.4. The van der Waals surface area contributed by atoms with E-state index in [-0.39, 0.29) is 5.57 Å². The summed E-state index contributed by atoms with van der Waals surface area (Å²) >= 11 is 0. The molecule has 0 saturated heterocycles. The molecule has 0 amide bonds. The van der Waals surface area contributed by atoms with Crippen molar-refractivity contribution < 1.29 is 50.1 Å². The molecule has 0 unspecified atom stereocenters. The molecule has 0 radical (unpaired) electrons. The third-order valence-electron chi connectivity index (χ3n) is 7.12. The van der Waals surface area contributed by atoms with Crippen LogP contribution in [0.4, 0.5) is 0 Å². The first kappa shape index (κ1) is 44.1. The Morgan fingerprint density at radius 3 is 1.33 bits per heavy atom. The second-order valence-electron chi connectivity index (χ2n) is 11.2. The van der Waals surface area contributed by atoms with Gasteiger partial charge in [-0.1, -0.05) is 133 Å². The minimum absolute atomic E-state index is 0.267. The number of carboxylic acids is 3. The monoisotopic (exact) mass is 638 g/mol. The van der Waals surface area contributed by atoms with Gasteiger partial charge in [-0.05, 0) is 18.1 Å². The van der Waals surface area contributed by atoms with E-state index in [4.69, 9.17) is 35.7 Å². The third kappa shape index (κ3) is 28.2. The summed E-state index contributed by atoms with van der Waals surface area (Å²) in [6.45, 7) is 0.645. The van der Waals surface area contributed by atoms with Gasteiger partial charge in [0.1, 0.15) is 0 Å². The van der Waals surface area contributed by atoms with Crippen LogP contribution in [-0.4, -0.2) is 80.1 Å². The van der Waals surface area contributed by atoms with E-state index >= 15 is 0 Å². The lowest BCUT2D eigenvalue weighted by Crippen LogP contribution is -2.37. The van der Waals surface area contributed by atoms with Crippen LogP contribution in [0.1, 0.15) is 115 Å². The summed E-state index contributed by atoms with van der Waals surface area (Å²) < 4.78 is 0. The fourth-order valence-electron chi connectivity index (χ4n) is 4.01. The van der Waals surface area contributed by atoms with Crippen molar-refractivity contribution in [2.45, 2.75) is 110 Å². The van der Waals surface area contributed by atoms with Crippen molar-refractivity contribution in [3.63, 3.8) is 0 Å². The number of aliphatic carboxylic acids is 3. The molecule has 45 heavy (non-hydrogen) atoms. The molecule has 0 aliphatic rings. The molecule has 7 N–H and O–H groups in total. The fourth-order valence-corrected chi connectivity index (χ4v) is 4.01. The first-order chi connectivity index (χ1) is 21.6. The van der Waals surface area contributed by atoms with Gasteiger partial charge in [0, 0.05) is 12.5 Å². The van der Waals surface area contributed by atoms with Crippen molar-refractivity contribution in [3.05, 3.63) is 53.6 Å². The molecule has 0 spiro atoms. The lowest BCUT2D eigenvalue weighted by Gasteiger charge is -2.23. The summed E-state index contributed by atoms with van der Waals surface area (Å²) in [5.41, 5.74) is -0.573. The summed E-state index contributed by atoms with van der Waals surface area (Å²) in [7, 11) is 0. The molecule has 10 nitrogen and oxygen atoms in total. The predicted molar refractivity (Wildman–Crippen MR) is 177 cm³/mol. The van der Waals surface area contributed by atoms with E-state index in [0.29, 0.717) is 12.5 Å². The van der Waals surface area contributed by atoms with Gasteiger partial charge in [0.25, 0.3) is 0 Å². The number of carboxylic acid groups (broad SMARTS) is 3. The molecule has 0 fully saturated rings. The highest BCUT2D eigenvalue weighted by Gasteiger charge is 2.26. The summed E-state index contributed by atoms with van der Waals surface area (Å²) in [6.07, 6.45) is 23.7. The Kier molecular flexibility index (Phi) is 30.3. The van der Waals surface area contributed by atoms with Gasteiger partial charge in [-0.15, -0.1) is 0 Å². The third-order valence-corrected chi connectivity index (χ3v) is 7.12. The maximum Gasteiger partial charge on any atom is 0.335 e. The van der Waals surface area contributed by atoms with E-state index in [1.165, 1.54) is 89.5 Å². The van der Waals surface area contributed by atoms with Gasteiger partial charge in [0.2, 0.25) is 0 Å². The number of unbranched alkanes of at least 4 members (excludes halogenated alkanes) is 14. The minimum Gasteiger partial charge on any atom is -0.481 e. The molecule has 1 rings (SSSR count). The van der Waals surface area contributed by atoms with E-state index in [1.807, 2.05) is 6.07 Å². The number of carbonyl (C=O) groups is 3. The van der Waals surface area contributed by atoms with E-state index in [2.05, 4.69) is 6.92 Å². The lowest BCUT2D eigenvalue weighted by atomic mass is 9.93. The van der Waals surface area contributed by atoms with Crippen LogP contribution in [0.5, 0.6) is 0 Å². The van der Waals surface area contributed by atoms with Crippen LogP contribution < -0.4 is 0 Å². The van der Waals surface area contributed by atoms with Crippen LogP contribution >= 0.6 is 0 Å². The molecule has 1 aromatic rings. The highest BCUT2D eigenvalue weighted by molar-refractivity contribution is 5.97. The Morgan fingerprint density at radius 1 is 0.622 bits per heavy atom. The van der Waals surface area contributed by atoms with Gasteiger partial charge >= 0.3 is 17.9 Å². The van der Waals surface area contributed by atoms with Crippen molar-refractivity contribution in [1.29, 1.82) is 0 Å². The van der Waals surface area contributed by atoms with Gasteiger partial charge in [-0.25, -0.2) is 9.59 Å². The molecule has 0 atom stereocenters. The average molecular weight is 639 g/mol. The van der Waals surface area contributed by atoms with Crippen molar-refractivity contribution in [1.82, 2.24) is 0 Å². The number of hydrogen-bond acceptors (Lipinski definition) is 7. The number of hydrogen-bond donors (Lipinski definition) is 7. The second kappa shape index (κ2) is 31.0. The molecule has 0 bridgehead atoms. The summed E-state index contributed by atoms with van der Waals surface area (Å²) in [5, 5.41) is 59.7. The van der Waals surface area contributed by atoms with Crippen LogP contribution in [0.2, 0.25) is 0 Å². The van der Waals surface area contributed by atoms with Crippen molar-refractivity contribution in [3.8, 4) is 0 Å². The van der Waals surface area contributed by atoms with Crippen molar-refractivity contribution in [2.75, 3.05) is 26.4 Å². The molecule has 0 aliphatic heterocycles. The normalized spacial score (nSPS) is 11.4. The SMILES string of the molecule is CCCCCCCCCCCCCCCCCC(=O)O.O=C(O)/C=C(\C=Cc1ccccc1)C(=O)O.OCC(CO)(CO)CO. The minimum atomic E-state index is -1.28. The summed E-state index contributed by atoms with van der Waals surface area (Å²) in [5.74, 6) is -3.20. The highest BCUT2D eigenvalue weighted by Crippen LogP contribution is 2.14. The zero-order chi connectivity index (χ0) is 34.2. The van der Waals surface area contributed by atoms with Crippen molar-refractivity contribution >= 4 is 24.0 Å². The van der Waals surface area contributed by atoms with Gasteiger partial charge in [-0.2, -0.15) is 0 Å². The van der Waals surface area contributed by atoms with Gasteiger partial charge < -0.3 is 35.7 Å². The van der Waals surface area contributed by atoms with Crippen molar-refractivity contribution in [2.24, 2.45) is 5.41 Å². The van der Waals surface area contributed by atoms with Gasteiger partial charge in [0.15, 0.2) is 0 Å². The smallest absolute Gasteiger partial charge is 0.335 e. The molecule has 0 aliphatic carbocycles. The van der Waals surface area contributed by atoms with Crippen LogP contribution in [-0.2, 0) is 14.4 Å². The Balaban J connectivity index is 0. The van der Waals surface area contributed by atoms with E-state index in [1.54, 1.807) is 30.3 Å². The van der Waals surface area contributed by atoms with Gasteiger partial charge in [-0.3, -0.25) is 4.79 Å². The zero-order valence-electron chi connectivity index (χ0n) is 27.1. The zero-order valence-corrected chi connectivity index (χ0v) is 27.1. The predicted octanol–water partition coefficient (Wildman–Crippen LogP) is 6.07.